The molecule has 0 spiro atoms. The highest BCUT2D eigenvalue weighted by Crippen LogP contribution is 2.21. The summed E-state index contributed by atoms with van der Waals surface area (Å²) >= 11 is 0. The summed E-state index contributed by atoms with van der Waals surface area (Å²) in [7, 11) is 2.14. The SMILES string of the molecule is Bc1ccccc1CCCOc1cnc(N)nc1NCCCC. The number of hydrogen-bond donors (Lipinski definition) is 2. The van der Waals surface area contributed by atoms with Gasteiger partial charge in [-0.1, -0.05) is 48.6 Å². The number of rotatable bonds is 9. The van der Waals surface area contributed by atoms with Gasteiger partial charge in [-0.15, -0.1) is 0 Å². The second-order valence-corrected chi connectivity index (χ2v) is 5.60. The lowest BCUT2D eigenvalue weighted by Gasteiger charge is -2.12. The third kappa shape index (κ3) is 5.47. The van der Waals surface area contributed by atoms with E-state index in [4.69, 9.17) is 10.5 Å². The predicted molar refractivity (Wildman–Crippen MR) is 98.3 cm³/mol. The number of nitrogens with two attached hydrogens (primary N) is 1. The maximum absolute atomic E-state index is 5.84. The van der Waals surface area contributed by atoms with Crippen LogP contribution in [0.15, 0.2) is 30.5 Å². The van der Waals surface area contributed by atoms with Gasteiger partial charge >= 0.3 is 0 Å². The highest BCUT2D eigenvalue weighted by molar-refractivity contribution is 6.33. The van der Waals surface area contributed by atoms with Crippen LogP contribution in [0.1, 0.15) is 31.7 Å². The van der Waals surface area contributed by atoms with Crippen LogP contribution in [0.3, 0.4) is 0 Å². The summed E-state index contributed by atoms with van der Waals surface area (Å²) in [5, 5.41) is 3.27. The Hall–Kier alpha value is -2.24. The summed E-state index contributed by atoms with van der Waals surface area (Å²) in [6.45, 7) is 3.63. The fourth-order valence-electron chi connectivity index (χ4n) is 2.34. The summed E-state index contributed by atoms with van der Waals surface area (Å²) in [4.78, 5) is 8.25. The van der Waals surface area contributed by atoms with E-state index in [2.05, 4.69) is 54.3 Å². The average molecular weight is 312 g/mol. The molecule has 3 N–H and O–H groups in total. The minimum Gasteiger partial charge on any atom is -0.488 e. The Morgan fingerprint density at radius 2 is 2.09 bits per heavy atom. The molecule has 23 heavy (non-hydrogen) atoms. The van der Waals surface area contributed by atoms with Gasteiger partial charge in [0.05, 0.1) is 12.8 Å². The minimum absolute atomic E-state index is 0.260. The number of ether oxygens (including phenoxy) is 1. The Bertz CT molecular complexity index is 621. The molecule has 0 amide bonds. The van der Waals surface area contributed by atoms with Gasteiger partial charge in [-0.05, 0) is 19.3 Å². The molecule has 0 unspecified atom stereocenters. The Labute approximate surface area is 139 Å². The van der Waals surface area contributed by atoms with Crippen LogP contribution >= 0.6 is 0 Å². The number of nitrogen functional groups attached to an aromatic ring is 1. The van der Waals surface area contributed by atoms with Crippen molar-refractivity contribution in [2.45, 2.75) is 32.6 Å². The van der Waals surface area contributed by atoms with Gasteiger partial charge in [-0.3, -0.25) is 0 Å². The lowest BCUT2D eigenvalue weighted by atomic mass is 9.89. The molecule has 5 nitrogen and oxygen atoms in total. The molecule has 1 aromatic heterocycles. The number of nitrogens with zero attached hydrogens (tertiary/aromatic N) is 2. The lowest BCUT2D eigenvalue weighted by Crippen LogP contribution is -2.12. The maximum atomic E-state index is 5.84. The fraction of sp³-hybridized carbons (Fsp3) is 0.412. The molecule has 0 fully saturated rings. The number of benzene rings is 1. The summed E-state index contributed by atoms with van der Waals surface area (Å²) in [5.41, 5.74) is 8.35. The third-order valence-electron chi connectivity index (χ3n) is 3.71. The molecule has 0 bridgehead atoms. The zero-order valence-corrected chi connectivity index (χ0v) is 14.0. The van der Waals surface area contributed by atoms with Gasteiger partial charge < -0.3 is 15.8 Å². The van der Waals surface area contributed by atoms with E-state index in [1.54, 1.807) is 6.20 Å². The fourth-order valence-corrected chi connectivity index (χ4v) is 2.34. The number of unbranched alkanes of at least 4 members (excludes halogenated alkanes) is 1. The van der Waals surface area contributed by atoms with Gasteiger partial charge in [0.1, 0.15) is 7.85 Å². The van der Waals surface area contributed by atoms with Crippen molar-refractivity contribution < 1.29 is 4.74 Å². The van der Waals surface area contributed by atoms with Crippen LogP contribution in [0.2, 0.25) is 0 Å². The second kappa shape index (κ2) is 9.03. The Morgan fingerprint density at radius 3 is 2.87 bits per heavy atom. The van der Waals surface area contributed by atoms with Crippen molar-refractivity contribution in [1.29, 1.82) is 0 Å². The van der Waals surface area contributed by atoms with Crippen LogP contribution in [0.25, 0.3) is 0 Å². The Kier molecular flexibility index (Phi) is 6.72. The van der Waals surface area contributed by atoms with Crippen molar-refractivity contribution in [2.24, 2.45) is 0 Å². The standard InChI is InChI=1S/C17H25BN4O/c1-2-3-10-20-16-15(12-21-17(19)22-16)23-11-6-8-13-7-4-5-9-14(13)18/h4-5,7,9,12H,2-3,6,8,10-11,18H2,1H3,(H3,19,20,21,22). The van der Waals surface area contributed by atoms with Gasteiger partial charge in [0.2, 0.25) is 5.95 Å². The second-order valence-electron chi connectivity index (χ2n) is 5.60. The van der Waals surface area contributed by atoms with Crippen LogP contribution < -0.4 is 21.3 Å². The van der Waals surface area contributed by atoms with Gasteiger partial charge in [0.25, 0.3) is 0 Å². The number of aromatic nitrogens is 2. The van der Waals surface area contributed by atoms with E-state index in [1.165, 1.54) is 11.0 Å². The Morgan fingerprint density at radius 1 is 1.26 bits per heavy atom. The van der Waals surface area contributed by atoms with Crippen LogP contribution in [-0.2, 0) is 6.42 Å². The Balaban J connectivity index is 1.86. The van der Waals surface area contributed by atoms with E-state index in [-0.39, 0.29) is 5.95 Å². The number of hydrogen-bond acceptors (Lipinski definition) is 5. The molecule has 0 saturated carbocycles. The molecule has 2 aromatic rings. The molecule has 6 heteroatoms. The van der Waals surface area contributed by atoms with Gasteiger partial charge in [0.15, 0.2) is 11.6 Å². The largest absolute Gasteiger partial charge is 0.488 e. The van der Waals surface area contributed by atoms with Crippen LogP contribution in [0.4, 0.5) is 11.8 Å². The first-order valence-electron chi connectivity index (χ1n) is 8.24. The van der Waals surface area contributed by atoms with E-state index < -0.39 is 0 Å². The maximum Gasteiger partial charge on any atom is 0.222 e. The summed E-state index contributed by atoms with van der Waals surface area (Å²) in [6, 6.07) is 8.45. The number of anilines is 2. The topological polar surface area (TPSA) is 73.1 Å². The van der Waals surface area contributed by atoms with Crippen LogP contribution in [0.5, 0.6) is 5.75 Å². The highest BCUT2D eigenvalue weighted by Gasteiger charge is 2.07. The molecule has 0 aliphatic rings. The van der Waals surface area contributed by atoms with E-state index in [9.17, 15) is 0 Å². The summed E-state index contributed by atoms with van der Waals surface area (Å²) < 4.78 is 5.84. The van der Waals surface area contributed by atoms with E-state index in [0.29, 0.717) is 18.2 Å². The van der Waals surface area contributed by atoms with Crippen molar-refractivity contribution in [1.82, 2.24) is 9.97 Å². The molecular weight excluding hydrogens is 287 g/mol. The molecule has 0 saturated heterocycles. The normalized spacial score (nSPS) is 10.5. The zero-order valence-electron chi connectivity index (χ0n) is 14.0. The summed E-state index contributed by atoms with van der Waals surface area (Å²) in [5.74, 6) is 1.61. The lowest BCUT2D eigenvalue weighted by molar-refractivity contribution is 0.310. The minimum atomic E-state index is 0.260. The zero-order chi connectivity index (χ0) is 16.5. The first-order chi connectivity index (χ1) is 11.2. The first kappa shape index (κ1) is 17.1. The molecule has 1 aromatic carbocycles. The van der Waals surface area contributed by atoms with E-state index in [0.717, 1.165) is 32.2 Å². The number of nitrogens with one attached hydrogen (secondary N) is 1. The first-order valence-corrected chi connectivity index (χ1v) is 8.24. The third-order valence-corrected chi connectivity index (χ3v) is 3.71. The van der Waals surface area contributed by atoms with Crippen molar-refractivity contribution in [3.63, 3.8) is 0 Å². The van der Waals surface area contributed by atoms with Crippen molar-refractivity contribution in [2.75, 3.05) is 24.2 Å². The molecule has 122 valence electrons. The van der Waals surface area contributed by atoms with Gasteiger partial charge in [-0.2, -0.15) is 4.98 Å². The molecule has 0 radical (unpaired) electrons. The van der Waals surface area contributed by atoms with Crippen LogP contribution in [-0.4, -0.2) is 31.0 Å². The molecule has 0 aliphatic carbocycles. The predicted octanol–water partition coefficient (Wildman–Crippen LogP) is 1.54. The molecule has 2 rings (SSSR count). The molecule has 0 atom stereocenters. The molecular formula is C17H25BN4O. The van der Waals surface area contributed by atoms with Crippen molar-refractivity contribution >= 4 is 25.1 Å². The van der Waals surface area contributed by atoms with Crippen LogP contribution in [0, 0.1) is 0 Å². The molecule has 1 heterocycles. The number of aryl methyl sites for hydroxylation is 1. The van der Waals surface area contributed by atoms with Crippen molar-refractivity contribution in [3.05, 3.63) is 36.0 Å². The quantitative estimate of drug-likeness (QED) is 0.543. The van der Waals surface area contributed by atoms with E-state index in [1.807, 2.05) is 0 Å². The van der Waals surface area contributed by atoms with E-state index >= 15 is 0 Å². The molecule has 0 aliphatic heterocycles. The average Bonchev–Trinajstić information content (AvgIpc) is 2.55. The monoisotopic (exact) mass is 312 g/mol. The van der Waals surface area contributed by atoms with Gasteiger partial charge in [0, 0.05) is 6.54 Å². The smallest absolute Gasteiger partial charge is 0.222 e. The highest BCUT2D eigenvalue weighted by atomic mass is 16.5. The van der Waals surface area contributed by atoms with Gasteiger partial charge in [-0.25, -0.2) is 4.98 Å². The van der Waals surface area contributed by atoms with Crippen molar-refractivity contribution in [3.8, 4) is 5.75 Å². The summed E-state index contributed by atoms with van der Waals surface area (Å²) in [6.07, 6.45) is 5.80.